The first-order valence-electron chi connectivity index (χ1n) is 10.8. The van der Waals surface area contributed by atoms with Crippen molar-refractivity contribution in [1.29, 1.82) is 0 Å². The van der Waals surface area contributed by atoms with Gasteiger partial charge in [0.15, 0.2) is 11.5 Å². The minimum atomic E-state index is -3.89. The second kappa shape index (κ2) is 8.47. The minimum Gasteiger partial charge on any atom is -0.486 e. The Bertz CT molecular complexity index is 1270. The largest absolute Gasteiger partial charge is 0.486 e. The number of ether oxygens (including phenoxy) is 2. The van der Waals surface area contributed by atoms with Crippen LogP contribution in [-0.4, -0.2) is 38.5 Å². The maximum atomic E-state index is 13.4. The van der Waals surface area contributed by atoms with Crippen LogP contribution in [0.5, 0.6) is 11.5 Å². The highest BCUT2D eigenvalue weighted by molar-refractivity contribution is 7.92. The zero-order chi connectivity index (χ0) is 23.0. The smallest absolute Gasteiger partial charge is 0.262 e. The van der Waals surface area contributed by atoms with E-state index in [9.17, 15) is 13.2 Å². The Morgan fingerprint density at radius 1 is 1.03 bits per heavy atom. The molecule has 1 aromatic heterocycles. The molecule has 1 unspecified atom stereocenters. The van der Waals surface area contributed by atoms with Crippen LogP contribution in [0.3, 0.4) is 0 Å². The molecule has 0 bridgehead atoms. The predicted octanol–water partition coefficient (Wildman–Crippen LogP) is 4.22. The van der Waals surface area contributed by atoms with Gasteiger partial charge in [-0.15, -0.1) is 0 Å². The highest BCUT2D eigenvalue weighted by Crippen LogP contribution is 2.36. The molecule has 1 N–H and O–H groups in total. The number of sulfonamides is 1. The van der Waals surface area contributed by atoms with E-state index in [0.717, 1.165) is 12.8 Å². The number of fused-ring (bicyclic) bond motifs is 1. The van der Waals surface area contributed by atoms with Crippen LogP contribution >= 0.6 is 0 Å². The van der Waals surface area contributed by atoms with E-state index in [2.05, 4.69) is 4.72 Å². The van der Waals surface area contributed by atoms with Gasteiger partial charge in [0, 0.05) is 23.4 Å². The van der Waals surface area contributed by atoms with Gasteiger partial charge in [-0.25, -0.2) is 8.42 Å². The van der Waals surface area contributed by atoms with Gasteiger partial charge in [0.25, 0.3) is 15.9 Å². The van der Waals surface area contributed by atoms with E-state index in [4.69, 9.17) is 13.9 Å². The van der Waals surface area contributed by atoms with Crippen LogP contribution in [-0.2, 0) is 10.0 Å². The number of nitrogens with zero attached hydrogens (tertiary/aromatic N) is 1. The van der Waals surface area contributed by atoms with Crippen LogP contribution in [0.1, 0.15) is 41.9 Å². The number of carbonyl (C=O) groups excluding carboxylic acids is 1. The Morgan fingerprint density at radius 2 is 1.82 bits per heavy atom. The number of carbonyl (C=O) groups is 1. The molecule has 0 spiro atoms. The van der Waals surface area contributed by atoms with Crippen molar-refractivity contribution in [2.24, 2.45) is 0 Å². The number of hydrogen-bond donors (Lipinski definition) is 1. The van der Waals surface area contributed by atoms with Crippen molar-refractivity contribution in [1.82, 2.24) is 4.90 Å². The molecule has 33 heavy (non-hydrogen) atoms. The Morgan fingerprint density at radius 3 is 2.55 bits per heavy atom. The molecule has 1 atom stereocenters. The van der Waals surface area contributed by atoms with Crippen LogP contribution in [0.15, 0.2) is 70.2 Å². The van der Waals surface area contributed by atoms with Gasteiger partial charge in [0.2, 0.25) is 0 Å². The second-order valence-electron chi connectivity index (χ2n) is 8.13. The minimum absolute atomic E-state index is 0.0505. The molecular formula is C24H24N2O6S. The molecule has 1 aliphatic carbocycles. The first-order valence-corrected chi connectivity index (χ1v) is 12.3. The number of hydrogen-bond acceptors (Lipinski definition) is 6. The highest BCUT2D eigenvalue weighted by atomic mass is 32.2. The molecule has 8 nitrogen and oxygen atoms in total. The first kappa shape index (κ1) is 21.4. The van der Waals surface area contributed by atoms with Crippen LogP contribution in [0.25, 0.3) is 0 Å². The Kier molecular flexibility index (Phi) is 5.49. The summed E-state index contributed by atoms with van der Waals surface area (Å²) in [6, 6.07) is 14.6. The molecule has 3 aromatic rings. The molecule has 1 fully saturated rings. The lowest BCUT2D eigenvalue weighted by Gasteiger charge is -2.28. The first-order chi connectivity index (χ1) is 15.9. The van der Waals surface area contributed by atoms with Gasteiger partial charge < -0.3 is 18.8 Å². The molecule has 172 valence electrons. The van der Waals surface area contributed by atoms with E-state index in [1.165, 1.54) is 12.1 Å². The van der Waals surface area contributed by atoms with E-state index in [0.29, 0.717) is 41.7 Å². The van der Waals surface area contributed by atoms with Crippen LogP contribution in [0.4, 0.5) is 5.69 Å². The van der Waals surface area contributed by atoms with Crippen molar-refractivity contribution >= 4 is 21.6 Å². The SMILES string of the molecule is CC(c1ccco1)N(C(=O)c1cccc(NS(=O)(=O)c2ccc3c(c2)OCCO3)c1)C1CC1. The standard InChI is InChI=1S/C24H24N2O6S/c1-16(21-6-3-11-30-21)26(19-7-8-19)24(27)17-4-2-5-18(14-17)25-33(28,29)20-9-10-22-23(15-20)32-13-12-31-22/h2-6,9-11,14-16,19,25H,7-8,12-13H2,1H3. The Labute approximate surface area is 192 Å². The van der Waals surface area contributed by atoms with Crippen molar-refractivity contribution in [2.45, 2.75) is 36.7 Å². The normalized spacial score (nSPS) is 16.2. The molecule has 2 aromatic carbocycles. The molecule has 1 aliphatic heterocycles. The fraction of sp³-hybridized carbons (Fsp3) is 0.292. The summed E-state index contributed by atoms with van der Waals surface area (Å²) in [5.74, 6) is 1.45. The molecule has 0 saturated heterocycles. The highest BCUT2D eigenvalue weighted by Gasteiger charge is 2.37. The van der Waals surface area contributed by atoms with Gasteiger partial charge in [-0.05, 0) is 62.2 Å². The fourth-order valence-electron chi connectivity index (χ4n) is 3.95. The number of amides is 1. The van der Waals surface area contributed by atoms with Crippen molar-refractivity contribution in [3.8, 4) is 11.5 Å². The lowest BCUT2D eigenvalue weighted by atomic mass is 10.1. The van der Waals surface area contributed by atoms with Crippen LogP contribution < -0.4 is 14.2 Å². The second-order valence-corrected chi connectivity index (χ2v) is 9.81. The molecule has 2 aliphatic rings. The predicted molar refractivity (Wildman–Crippen MR) is 121 cm³/mol. The molecule has 1 amide bonds. The summed E-state index contributed by atoms with van der Waals surface area (Å²) >= 11 is 0. The molecule has 2 heterocycles. The third-order valence-corrected chi connectivity index (χ3v) is 7.11. The zero-order valence-corrected chi connectivity index (χ0v) is 18.9. The maximum Gasteiger partial charge on any atom is 0.262 e. The third kappa shape index (κ3) is 4.41. The van der Waals surface area contributed by atoms with Gasteiger partial charge in [-0.3, -0.25) is 9.52 Å². The number of benzene rings is 2. The number of rotatable bonds is 7. The van der Waals surface area contributed by atoms with Crippen molar-refractivity contribution < 1.29 is 27.1 Å². The molecule has 5 rings (SSSR count). The summed E-state index contributed by atoms with van der Waals surface area (Å²) in [5.41, 5.74) is 0.708. The number of furan rings is 1. The number of anilines is 1. The van der Waals surface area contributed by atoms with Crippen molar-refractivity contribution in [2.75, 3.05) is 17.9 Å². The topological polar surface area (TPSA) is 98.1 Å². The van der Waals surface area contributed by atoms with E-state index in [1.807, 2.05) is 17.9 Å². The van der Waals surface area contributed by atoms with E-state index < -0.39 is 10.0 Å². The lowest BCUT2D eigenvalue weighted by Crippen LogP contribution is -2.35. The number of nitrogens with one attached hydrogen (secondary N) is 1. The van der Waals surface area contributed by atoms with Crippen LogP contribution in [0, 0.1) is 0 Å². The molecule has 1 saturated carbocycles. The Hall–Kier alpha value is -3.46. The average Bonchev–Trinajstić information content (AvgIpc) is 3.49. The third-order valence-electron chi connectivity index (χ3n) is 5.73. The van der Waals surface area contributed by atoms with Gasteiger partial charge in [-0.1, -0.05) is 6.07 Å². The van der Waals surface area contributed by atoms with Gasteiger partial charge in [-0.2, -0.15) is 0 Å². The van der Waals surface area contributed by atoms with Gasteiger partial charge >= 0.3 is 0 Å². The summed E-state index contributed by atoms with van der Waals surface area (Å²) in [7, 11) is -3.89. The van der Waals surface area contributed by atoms with Gasteiger partial charge in [0.05, 0.1) is 17.2 Å². The Balaban J connectivity index is 1.38. The molecule has 0 radical (unpaired) electrons. The quantitative estimate of drug-likeness (QED) is 0.558. The fourth-order valence-corrected chi connectivity index (χ4v) is 5.01. The van der Waals surface area contributed by atoms with Gasteiger partial charge in [0.1, 0.15) is 19.0 Å². The summed E-state index contributed by atoms with van der Waals surface area (Å²) < 4.78 is 45.0. The molecular weight excluding hydrogens is 444 g/mol. The summed E-state index contributed by atoms with van der Waals surface area (Å²) in [6.07, 6.45) is 3.47. The van der Waals surface area contributed by atoms with Crippen molar-refractivity contribution in [3.05, 3.63) is 72.2 Å². The average molecular weight is 469 g/mol. The summed E-state index contributed by atoms with van der Waals surface area (Å²) in [4.78, 5) is 15.3. The van der Waals surface area contributed by atoms with E-state index in [-0.39, 0.29) is 22.9 Å². The van der Waals surface area contributed by atoms with E-state index in [1.54, 1.807) is 42.7 Å². The zero-order valence-electron chi connectivity index (χ0n) is 18.1. The lowest BCUT2D eigenvalue weighted by molar-refractivity contribution is 0.0652. The monoisotopic (exact) mass is 468 g/mol. The van der Waals surface area contributed by atoms with Crippen LogP contribution in [0.2, 0.25) is 0 Å². The van der Waals surface area contributed by atoms with E-state index >= 15 is 0 Å². The molecule has 9 heteroatoms. The van der Waals surface area contributed by atoms with Crippen molar-refractivity contribution in [3.63, 3.8) is 0 Å². The maximum absolute atomic E-state index is 13.4. The summed E-state index contributed by atoms with van der Waals surface area (Å²) in [6.45, 7) is 2.72. The summed E-state index contributed by atoms with van der Waals surface area (Å²) in [5, 5.41) is 0.